The molecule has 3 aliphatic heterocycles. The first-order chi connectivity index (χ1) is 12.3. The van der Waals surface area contributed by atoms with Gasteiger partial charge in [0.05, 0.1) is 7.11 Å². The topological polar surface area (TPSA) is 15.7 Å². The van der Waals surface area contributed by atoms with Gasteiger partial charge in [-0.25, -0.2) is 0 Å². The van der Waals surface area contributed by atoms with Gasteiger partial charge in [-0.1, -0.05) is 18.2 Å². The number of benzene rings is 1. The van der Waals surface area contributed by atoms with E-state index in [0.717, 1.165) is 18.2 Å². The lowest BCUT2D eigenvalue weighted by Gasteiger charge is -2.35. The van der Waals surface area contributed by atoms with E-state index in [-0.39, 0.29) is 0 Å². The van der Waals surface area contributed by atoms with Crippen LogP contribution in [0, 0.1) is 5.92 Å². The van der Waals surface area contributed by atoms with Gasteiger partial charge in [-0.2, -0.15) is 0 Å². The second kappa shape index (κ2) is 6.11. The molecule has 0 saturated carbocycles. The molecule has 1 spiro atoms. The molecule has 3 unspecified atom stereocenters. The molecule has 0 bridgehead atoms. The Hall–Kier alpha value is -1.36. The highest BCUT2D eigenvalue weighted by Crippen LogP contribution is 2.56. The first-order valence-corrected chi connectivity index (χ1v) is 10.3. The van der Waals surface area contributed by atoms with Crippen LogP contribution in [0.1, 0.15) is 35.7 Å². The molecular formula is C21H26N2OS. The SMILES string of the molecule is COc1ccc(CN2CC3CC(c4cccs4)N4CCCC34C2)cc1. The molecule has 0 amide bonds. The quantitative estimate of drug-likeness (QED) is 0.820. The Morgan fingerprint density at radius 3 is 2.88 bits per heavy atom. The predicted octanol–water partition coefficient (Wildman–Crippen LogP) is 4.17. The van der Waals surface area contributed by atoms with E-state index in [1.165, 1.54) is 44.5 Å². The van der Waals surface area contributed by atoms with E-state index in [1.807, 2.05) is 11.3 Å². The summed E-state index contributed by atoms with van der Waals surface area (Å²) in [4.78, 5) is 7.14. The van der Waals surface area contributed by atoms with Crippen molar-refractivity contribution in [1.82, 2.24) is 9.80 Å². The zero-order valence-corrected chi connectivity index (χ0v) is 15.7. The normalized spacial score (nSPS) is 32.0. The van der Waals surface area contributed by atoms with Crippen LogP contribution < -0.4 is 4.74 Å². The first kappa shape index (κ1) is 15.9. The second-order valence-electron chi connectivity index (χ2n) is 7.88. The van der Waals surface area contributed by atoms with Crippen LogP contribution in [0.5, 0.6) is 5.75 Å². The number of thiophene rings is 1. The molecule has 1 aromatic carbocycles. The molecule has 1 aromatic heterocycles. The van der Waals surface area contributed by atoms with E-state index in [1.54, 1.807) is 12.0 Å². The van der Waals surface area contributed by atoms with Crippen LogP contribution in [-0.2, 0) is 6.54 Å². The fourth-order valence-corrected chi connectivity index (χ4v) is 6.46. The number of hydrogen-bond donors (Lipinski definition) is 0. The van der Waals surface area contributed by atoms with Crippen LogP contribution in [0.15, 0.2) is 41.8 Å². The molecule has 3 fully saturated rings. The molecule has 3 atom stereocenters. The van der Waals surface area contributed by atoms with Crippen molar-refractivity contribution in [3.63, 3.8) is 0 Å². The van der Waals surface area contributed by atoms with Crippen molar-refractivity contribution in [3.8, 4) is 5.75 Å². The smallest absolute Gasteiger partial charge is 0.118 e. The summed E-state index contributed by atoms with van der Waals surface area (Å²) >= 11 is 1.94. The lowest BCUT2D eigenvalue weighted by Crippen LogP contribution is -2.45. The van der Waals surface area contributed by atoms with Gasteiger partial charge in [0.1, 0.15) is 5.75 Å². The number of rotatable bonds is 4. The van der Waals surface area contributed by atoms with E-state index in [2.05, 4.69) is 51.6 Å². The Morgan fingerprint density at radius 1 is 1.24 bits per heavy atom. The highest BCUT2D eigenvalue weighted by molar-refractivity contribution is 7.10. The Bertz CT molecular complexity index is 729. The maximum atomic E-state index is 5.28. The summed E-state index contributed by atoms with van der Waals surface area (Å²) in [6.45, 7) is 4.85. The summed E-state index contributed by atoms with van der Waals surface area (Å²) in [5.41, 5.74) is 1.85. The number of hydrogen-bond acceptors (Lipinski definition) is 4. The third-order valence-corrected chi connectivity index (χ3v) is 7.61. The average molecular weight is 355 g/mol. The number of ether oxygens (including phenoxy) is 1. The number of nitrogens with zero attached hydrogens (tertiary/aromatic N) is 2. The van der Waals surface area contributed by atoms with Crippen molar-refractivity contribution in [1.29, 1.82) is 0 Å². The lowest BCUT2D eigenvalue weighted by molar-refractivity contribution is 0.132. The summed E-state index contributed by atoms with van der Waals surface area (Å²) < 4.78 is 5.28. The fraction of sp³-hybridized carbons (Fsp3) is 0.524. The maximum Gasteiger partial charge on any atom is 0.118 e. The highest BCUT2D eigenvalue weighted by atomic mass is 32.1. The average Bonchev–Trinajstić information content (AvgIpc) is 3.37. The molecule has 3 saturated heterocycles. The lowest BCUT2D eigenvalue weighted by atomic mass is 9.86. The minimum absolute atomic E-state index is 0.446. The maximum absolute atomic E-state index is 5.28. The molecule has 3 aliphatic rings. The first-order valence-electron chi connectivity index (χ1n) is 9.44. The zero-order valence-electron chi connectivity index (χ0n) is 14.9. The molecule has 3 nitrogen and oxygen atoms in total. The summed E-state index contributed by atoms with van der Waals surface area (Å²) in [6, 6.07) is 13.8. The standard InChI is InChI=1S/C21H26N2OS/c1-24-18-7-5-16(6-8-18)13-22-14-17-12-19(20-4-2-11-25-20)23-10-3-9-21(17,23)15-22/h2,4-8,11,17,19H,3,9-10,12-15H2,1H3. The fourth-order valence-electron chi connectivity index (χ4n) is 5.61. The summed E-state index contributed by atoms with van der Waals surface area (Å²) in [7, 11) is 1.73. The Kier molecular flexibility index (Phi) is 3.88. The molecule has 25 heavy (non-hydrogen) atoms. The number of likely N-dealkylation sites (tertiary alicyclic amines) is 1. The predicted molar refractivity (Wildman–Crippen MR) is 102 cm³/mol. The minimum Gasteiger partial charge on any atom is -0.497 e. The Labute approximate surface area is 154 Å². The Balaban J connectivity index is 1.33. The molecule has 4 heteroatoms. The van der Waals surface area contributed by atoms with Crippen molar-refractivity contribution in [2.24, 2.45) is 5.92 Å². The van der Waals surface area contributed by atoms with Crippen molar-refractivity contribution in [3.05, 3.63) is 52.2 Å². The highest BCUT2D eigenvalue weighted by Gasteiger charge is 2.59. The summed E-state index contributed by atoms with van der Waals surface area (Å²) in [5, 5.41) is 2.24. The van der Waals surface area contributed by atoms with Gasteiger partial charge < -0.3 is 4.74 Å². The van der Waals surface area contributed by atoms with E-state index in [9.17, 15) is 0 Å². The van der Waals surface area contributed by atoms with Crippen LogP contribution in [0.4, 0.5) is 0 Å². The van der Waals surface area contributed by atoms with E-state index < -0.39 is 0 Å². The van der Waals surface area contributed by atoms with Crippen molar-refractivity contribution >= 4 is 11.3 Å². The van der Waals surface area contributed by atoms with Gasteiger partial charge in [0, 0.05) is 36.1 Å². The summed E-state index contributed by atoms with van der Waals surface area (Å²) in [5.74, 6) is 1.78. The van der Waals surface area contributed by atoms with Gasteiger partial charge in [-0.15, -0.1) is 11.3 Å². The van der Waals surface area contributed by atoms with E-state index in [0.29, 0.717) is 11.6 Å². The van der Waals surface area contributed by atoms with Crippen molar-refractivity contribution < 1.29 is 4.74 Å². The molecule has 0 N–H and O–H groups in total. The van der Waals surface area contributed by atoms with E-state index in [4.69, 9.17) is 4.74 Å². The van der Waals surface area contributed by atoms with Crippen LogP contribution in [0.25, 0.3) is 0 Å². The minimum atomic E-state index is 0.446. The zero-order chi connectivity index (χ0) is 16.9. The molecule has 5 rings (SSSR count). The molecule has 0 radical (unpaired) electrons. The van der Waals surface area contributed by atoms with Gasteiger partial charge >= 0.3 is 0 Å². The third kappa shape index (κ3) is 2.54. The van der Waals surface area contributed by atoms with Gasteiger partial charge in [-0.3, -0.25) is 9.80 Å². The van der Waals surface area contributed by atoms with Crippen LogP contribution >= 0.6 is 11.3 Å². The number of methoxy groups -OCH3 is 1. The third-order valence-electron chi connectivity index (χ3n) is 6.64. The van der Waals surface area contributed by atoms with Crippen molar-refractivity contribution in [2.45, 2.75) is 37.4 Å². The van der Waals surface area contributed by atoms with E-state index >= 15 is 0 Å². The monoisotopic (exact) mass is 354 g/mol. The van der Waals surface area contributed by atoms with Gasteiger partial charge in [0.15, 0.2) is 0 Å². The Morgan fingerprint density at radius 2 is 2.12 bits per heavy atom. The molecule has 132 valence electrons. The van der Waals surface area contributed by atoms with Crippen LogP contribution in [0.3, 0.4) is 0 Å². The van der Waals surface area contributed by atoms with Crippen molar-refractivity contribution in [2.75, 3.05) is 26.7 Å². The summed E-state index contributed by atoms with van der Waals surface area (Å²) in [6.07, 6.45) is 4.10. The largest absolute Gasteiger partial charge is 0.497 e. The molecule has 0 aliphatic carbocycles. The molecule has 4 heterocycles. The van der Waals surface area contributed by atoms with Gasteiger partial charge in [0.2, 0.25) is 0 Å². The van der Waals surface area contributed by atoms with Crippen LogP contribution in [0.2, 0.25) is 0 Å². The van der Waals surface area contributed by atoms with Crippen LogP contribution in [-0.4, -0.2) is 42.1 Å². The second-order valence-corrected chi connectivity index (χ2v) is 8.86. The van der Waals surface area contributed by atoms with Gasteiger partial charge in [0.25, 0.3) is 0 Å². The molecular weight excluding hydrogens is 328 g/mol. The van der Waals surface area contributed by atoms with Gasteiger partial charge in [-0.05, 0) is 60.9 Å². The molecule has 2 aromatic rings.